The SMILES string of the molecule is NC(Cc1ccsc1)C1(N2CCCC2)CCCC1. The molecule has 1 aromatic heterocycles. The Morgan fingerprint density at radius 3 is 2.56 bits per heavy atom. The van der Waals surface area contributed by atoms with Crippen LogP contribution in [0.5, 0.6) is 0 Å². The second-order valence-corrected chi connectivity index (χ2v) is 6.73. The molecular weight excluding hydrogens is 240 g/mol. The summed E-state index contributed by atoms with van der Waals surface area (Å²) in [4.78, 5) is 2.72. The fourth-order valence-corrected chi connectivity index (χ4v) is 4.61. The Morgan fingerprint density at radius 2 is 1.94 bits per heavy atom. The second kappa shape index (κ2) is 5.32. The molecule has 2 heterocycles. The van der Waals surface area contributed by atoms with Crippen molar-refractivity contribution in [3.05, 3.63) is 22.4 Å². The van der Waals surface area contributed by atoms with E-state index >= 15 is 0 Å². The minimum atomic E-state index is 0.313. The third kappa shape index (κ3) is 2.24. The Balaban J connectivity index is 1.76. The van der Waals surface area contributed by atoms with E-state index in [9.17, 15) is 0 Å². The minimum Gasteiger partial charge on any atom is -0.326 e. The Kier molecular flexibility index (Phi) is 3.73. The molecule has 0 spiro atoms. The van der Waals surface area contributed by atoms with Crippen LogP contribution in [0.1, 0.15) is 44.1 Å². The lowest BCUT2D eigenvalue weighted by Crippen LogP contribution is -2.58. The molecule has 0 bridgehead atoms. The summed E-state index contributed by atoms with van der Waals surface area (Å²) in [7, 11) is 0. The van der Waals surface area contributed by atoms with Crippen molar-refractivity contribution in [1.29, 1.82) is 0 Å². The maximum absolute atomic E-state index is 6.65. The lowest BCUT2D eigenvalue weighted by Gasteiger charge is -2.43. The number of rotatable bonds is 4. The van der Waals surface area contributed by atoms with Gasteiger partial charge < -0.3 is 5.73 Å². The lowest BCUT2D eigenvalue weighted by atomic mass is 9.83. The maximum atomic E-state index is 6.65. The molecule has 1 saturated heterocycles. The number of nitrogens with zero attached hydrogens (tertiary/aromatic N) is 1. The van der Waals surface area contributed by atoms with E-state index in [1.807, 2.05) is 0 Å². The second-order valence-electron chi connectivity index (χ2n) is 5.95. The van der Waals surface area contributed by atoms with Gasteiger partial charge in [0.2, 0.25) is 0 Å². The zero-order chi connectivity index (χ0) is 12.4. The normalized spacial score (nSPS) is 25.6. The summed E-state index contributed by atoms with van der Waals surface area (Å²) in [6, 6.07) is 2.55. The molecule has 1 saturated carbocycles. The molecule has 1 aromatic rings. The molecule has 3 heteroatoms. The molecule has 1 aliphatic carbocycles. The highest BCUT2D eigenvalue weighted by atomic mass is 32.1. The van der Waals surface area contributed by atoms with Gasteiger partial charge in [-0.15, -0.1) is 0 Å². The van der Waals surface area contributed by atoms with Crippen LogP contribution in [0.25, 0.3) is 0 Å². The molecule has 3 rings (SSSR count). The highest BCUT2D eigenvalue weighted by molar-refractivity contribution is 7.07. The Bertz CT molecular complexity index is 362. The first kappa shape index (κ1) is 12.6. The Hall–Kier alpha value is -0.380. The molecule has 0 radical (unpaired) electrons. The molecule has 2 nitrogen and oxygen atoms in total. The highest BCUT2D eigenvalue weighted by Crippen LogP contribution is 2.40. The average Bonchev–Trinajstić information content (AvgIpc) is 3.12. The van der Waals surface area contributed by atoms with E-state index in [-0.39, 0.29) is 0 Å². The molecule has 0 amide bonds. The van der Waals surface area contributed by atoms with Gasteiger partial charge in [0.25, 0.3) is 0 Å². The largest absolute Gasteiger partial charge is 0.326 e. The average molecular weight is 264 g/mol. The predicted octanol–water partition coefficient (Wildman–Crippen LogP) is 3.03. The Labute approximate surface area is 114 Å². The van der Waals surface area contributed by atoms with Crippen LogP contribution < -0.4 is 5.73 Å². The van der Waals surface area contributed by atoms with Gasteiger partial charge in [-0.25, -0.2) is 0 Å². The Morgan fingerprint density at radius 1 is 1.22 bits per heavy atom. The van der Waals surface area contributed by atoms with Crippen LogP contribution in [0.3, 0.4) is 0 Å². The van der Waals surface area contributed by atoms with Gasteiger partial charge in [0, 0.05) is 11.6 Å². The van der Waals surface area contributed by atoms with Crippen molar-refractivity contribution in [2.75, 3.05) is 13.1 Å². The number of nitrogens with two attached hydrogens (primary N) is 1. The molecule has 18 heavy (non-hydrogen) atoms. The molecule has 1 atom stereocenters. The van der Waals surface area contributed by atoms with Gasteiger partial charge in [0.15, 0.2) is 0 Å². The molecule has 2 aliphatic rings. The van der Waals surface area contributed by atoms with E-state index in [1.165, 1.54) is 57.2 Å². The van der Waals surface area contributed by atoms with Crippen LogP contribution in [0.2, 0.25) is 0 Å². The van der Waals surface area contributed by atoms with Gasteiger partial charge in [-0.1, -0.05) is 12.8 Å². The van der Waals surface area contributed by atoms with Gasteiger partial charge in [0.05, 0.1) is 0 Å². The third-order valence-corrected chi connectivity index (χ3v) is 5.66. The summed E-state index contributed by atoms with van der Waals surface area (Å²) >= 11 is 1.79. The lowest BCUT2D eigenvalue weighted by molar-refractivity contribution is 0.0922. The van der Waals surface area contributed by atoms with Crippen molar-refractivity contribution in [2.45, 2.75) is 56.5 Å². The van der Waals surface area contributed by atoms with Gasteiger partial charge in [0.1, 0.15) is 0 Å². The summed E-state index contributed by atoms with van der Waals surface area (Å²) < 4.78 is 0. The minimum absolute atomic E-state index is 0.313. The molecule has 2 fully saturated rings. The first-order chi connectivity index (χ1) is 8.81. The topological polar surface area (TPSA) is 29.3 Å². The number of hydrogen-bond donors (Lipinski definition) is 1. The maximum Gasteiger partial charge on any atom is 0.0363 e. The van der Waals surface area contributed by atoms with Crippen LogP contribution in [0, 0.1) is 0 Å². The van der Waals surface area contributed by atoms with Crippen LogP contribution in [-0.4, -0.2) is 29.6 Å². The number of hydrogen-bond acceptors (Lipinski definition) is 3. The van der Waals surface area contributed by atoms with Gasteiger partial charge in [-0.3, -0.25) is 4.90 Å². The molecule has 0 aromatic carbocycles. The smallest absolute Gasteiger partial charge is 0.0363 e. The van der Waals surface area contributed by atoms with Gasteiger partial charge in [-0.05, 0) is 67.6 Å². The van der Waals surface area contributed by atoms with Crippen molar-refractivity contribution >= 4 is 11.3 Å². The van der Waals surface area contributed by atoms with Crippen molar-refractivity contribution in [3.63, 3.8) is 0 Å². The first-order valence-electron chi connectivity index (χ1n) is 7.33. The van der Waals surface area contributed by atoms with Crippen LogP contribution in [0.4, 0.5) is 0 Å². The molecule has 100 valence electrons. The summed E-state index contributed by atoms with van der Waals surface area (Å²) in [6.45, 7) is 2.55. The fourth-order valence-electron chi connectivity index (χ4n) is 3.92. The monoisotopic (exact) mass is 264 g/mol. The van der Waals surface area contributed by atoms with E-state index < -0.39 is 0 Å². The molecule has 1 unspecified atom stereocenters. The number of likely N-dealkylation sites (tertiary alicyclic amines) is 1. The summed E-state index contributed by atoms with van der Waals surface area (Å²) in [6.07, 6.45) is 9.16. The molecule has 1 aliphatic heterocycles. The van der Waals surface area contributed by atoms with E-state index in [2.05, 4.69) is 21.7 Å². The summed E-state index contributed by atoms with van der Waals surface area (Å²) in [5.41, 5.74) is 8.39. The van der Waals surface area contributed by atoms with Crippen molar-refractivity contribution < 1.29 is 0 Å². The van der Waals surface area contributed by atoms with Crippen LogP contribution in [-0.2, 0) is 6.42 Å². The van der Waals surface area contributed by atoms with Crippen molar-refractivity contribution in [1.82, 2.24) is 4.90 Å². The zero-order valence-electron chi connectivity index (χ0n) is 11.1. The quantitative estimate of drug-likeness (QED) is 0.906. The molecular formula is C15H24N2S. The van der Waals surface area contributed by atoms with Crippen LogP contribution in [0.15, 0.2) is 16.8 Å². The predicted molar refractivity (Wildman–Crippen MR) is 78.0 cm³/mol. The van der Waals surface area contributed by atoms with Crippen LogP contribution >= 0.6 is 11.3 Å². The van der Waals surface area contributed by atoms with E-state index in [1.54, 1.807) is 11.3 Å². The van der Waals surface area contributed by atoms with Crippen molar-refractivity contribution in [2.24, 2.45) is 5.73 Å². The zero-order valence-corrected chi connectivity index (χ0v) is 11.9. The fraction of sp³-hybridized carbons (Fsp3) is 0.733. The summed E-state index contributed by atoms with van der Waals surface area (Å²) in [5, 5.41) is 4.42. The third-order valence-electron chi connectivity index (χ3n) is 4.93. The van der Waals surface area contributed by atoms with Gasteiger partial charge >= 0.3 is 0 Å². The van der Waals surface area contributed by atoms with E-state index in [4.69, 9.17) is 5.73 Å². The first-order valence-corrected chi connectivity index (χ1v) is 8.27. The van der Waals surface area contributed by atoms with Gasteiger partial charge in [-0.2, -0.15) is 11.3 Å². The highest BCUT2D eigenvalue weighted by Gasteiger charge is 2.44. The number of thiophene rings is 1. The summed E-state index contributed by atoms with van der Waals surface area (Å²) in [5.74, 6) is 0. The molecule has 2 N–H and O–H groups in total. The van der Waals surface area contributed by atoms with E-state index in [0.717, 1.165) is 6.42 Å². The van der Waals surface area contributed by atoms with Crippen molar-refractivity contribution in [3.8, 4) is 0 Å². The standard InChI is InChI=1S/C15H24N2S/c16-14(11-13-5-10-18-12-13)15(6-1-2-7-15)17-8-3-4-9-17/h5,10,12,14H,1-4,6-9,11,16H2. The van der Waals surface area contributed by atoms with E-state index in [0.29, 0.717) is 11.6 Å².